The second-order valence-corrected chi connectivity index (χ2v) is 5.86. The number of hydrogen-bond acceptors (Lipinski definition) is 4. The topological polar surface area (TPSA) is 81.0 Å². The largest absolute Gasteiger partial charge is 0.461 e. The number of esters is 1. The summed E-state index contributed by atoms with van der Waals surface area (Å²) in [7, 11) is 0. The van der Waals surface area contributed by atoms with Crippen molar-refractivity contribution in [3.8, 4) is 0 Å². The molecular formula is C14H23N3O2. The van der Waals surface area contributed by atoms with E-state index in [0.717, 1.165) is 18.5 Å². The molecule has 1 heterocycles. The minimum Gasteiger partial charge on any atom is -0.461 e. The Morgan fingerprint density at radius 3 is 2.74 bits per heavy atom. The van der Waals surface area contributed by atoms with Gasteiger partial charge in [-0.05, 0) is 31.1 Å². The van der Waals surface area contributed by atoms with E-state index in [9.17, 15) is 4.79 Å². The monoisotopic (exact) mass is 265 g/mol. The van der Waals surface area contributed by atoms with Crippen LogP contribution in [0.25, 0.3) is 0 Å². The van der Waals surface area contributed by atoms with Crippen LogP contribution in [-0.2, 0) is 16.0 Å². The number of carbonyl (C=O) groups excluding carboxylic acids is 1. The number of rotatable bonds is 4. The van der Waals surface area contributed by atoms with Crippen molar-refractivity contribution in [1.82, 2.24) is 9.97 Å². The first-order valence-corrected chi connectivity index (χ1v) is 6.98. The van der Waals surface area contributed by atoms with E-state index < -0.39 is 6.04 Å². The summed E-state index contributed by atoms with van der Waals surface area (Å²) in [5.41, 5.74) is 6.73. The Kier molecular flexibility index (Phi) is 4.58. The maximum atomic E-state index is 12.0. The lowest BCUT2D eigenvalue weighted by molar-refractivity contribution is -0.153. The molecule has 0 bridgehead atoms. The van der Waals surface area contributed by atoms with Gasteiger partial charge in [-0.3, -0.25) is 4.79 Å². The van der Waals surface area contributed by atoms with Crippen LogP contribution in [0.2, 0.25) is 0 Å². The van der Waals surface area contributed by atoms with E-state index in [-0.39, 0.29) is 12.1 Å². The van der Waals surface area contributed by atoms with Crippen LogP contribution >= 0.6 is 0 Å². The minimum absolute atomic E-state index is 0.0269. The van der Waals surface area contributed by atoms with Gasteiger partial charge in [0.2, 0.25) is 0 Å². The van der Waals surface area contributed by atoms with Crippen molar-refractivity contribution >= 4 is 5.97 Å². The molecule has 0 aromatic carbocycles. The average molecular weight is 265 g/mol. The molecule has 1 aliphatic rings. The fraction of sp³-hybridized carbons (Fsp3) is 0.714. The van der Waals surface area contributed by atoms with E-state index in [4.69, 9.17) is 10.5 Å². The quantitative estimate of drug-likeness (QED) is 0.811. The average Bonchev–Trinajstić information content (AvgIpc) is 2.80. The molecule has 1 aromatic heterocycles. The van der Waals surface area contributed by atoms with Gasteiger partial charge >= 0.3 is 5.97 Å². The molecule has 0 aliphatic heterocycles. The molecule has 0 amide bonds. The fourth-order valence-corrected chi connectivity index (χ4v) is 2.94. The molecular weight excluding hydrogens is 242 g/mol. The van der Waals surface area contributed by atoms with Crippen molar-refractivity contribution in [3.63, 3.8) is 0 Å². The Morgan fingerprint density at radius 1 is 1.47 bits per heavy atom. The summed E-state index contributed by atoms with van der Waals surface area (Å²) in [5, 5.41) is 0. The molecule has 1 aliphatic carbocycles. The summed E-state index contributed by atoms with van der Waals surface area (Å²) < 4.78 is 5.54. The van der Waals surface area contributed by atoms with E-state index in [2.05, 4.69) is 23.8 Å². The first-order valence-electron chi connectivity index (χ1n) is 6.98. The molecule has 0 radical (unpaired) electrons. The van der Waals surface area contributed by atoms with Crippen molar-refractivity contribution in [3.05, 3.63) is 18.2 Å². The van der Waals surface area contributed by atoms with Gasteiger partial charge in [-0.25, -0.2) is 4.98 Å². The highest BCUT2D eigenvalue weighted by Crippen LogP contribution is 2.30. The van der Waals surface area contributed by atoms with Crippen molar-refractivity contribution in [1.29, 1.82) is 0 Å². The van der Waals surface area contributed by atoms with Crippen LogP contribution in [0.5, 0.6) is 0 Å². The standard InChI is InChI=1S/C14H23N3O2/c1-9-3-10(2)5-12(4-9)19-14(18)13(15)6-11-7-16-8-17-11/h7-10,12-13H,3-6,15H2,1-2H3,(H,16,17)/t9?,10?,12?,13-/m0/s1. The third-order valence-corrected chi connectivity index (χ3v) is 3.72. The normalized spacial score (nSPS) is 28.9. The molecule has 0 spiro atoms. The fourth-order valence-electron chi connectivity index (χ4n) is 2.94. The van der Waals surface area contributed by atoms with Crippen LogP contribution in [0.4, 0.5) is 0 Å². The summed E-state index contributed by atoms with van der Waals surface area (Å²) >= 11 is 0. The highest BCUT2D eigenvalue weighted by Gasteiger charge is 2.28. The molecule has 2 unspecified atom stereocenters. The van der Waals surface area contributed by atoms with Crippen LogP contribution < -0.4 is 5.73 Å². The molecule has 5 heteroatoms. The number of hydrogen-bond donors (Lipinski definition) is 2. The van der Waals surface area contributed by atoms with Gasteiger partial charge < -0.3 is 15.5 Å². The Morgan fingerprint density at radius 2 is 2.16 bits per heavy atom. The molecule has 2 rings (SSSR count). The lowest BCUT2D eigenvalue weighted by atomic mass is 9.82. The van der Waals surface area contributed by atoms with Gasteiger partial charge in [0.05, 0.1) is 6.33 Å². The highest BCUT2D eigenvalue weighted by molar-refractivity contribution is 5.76. The number of aromatic nitrogens is 2. The Bertz CT molecular complexity index is 395. The van der Waals surface area contributed by atoms with Crippen LogP contribution in [0, 0.1) is 11.8 Å². The highest BCUT2D eigenvalue weighted by atomic mass is 16.5. The van der Waals surface area contributed by atoms with Gasteiger partial charge in [-0.2, -0.15) is 0 Å². The van der Waals surface area contributed by atoms with E-state index >= 15 is 0 Å². The molecule has 5 nitrogen and oxygen atoms in total. The van der Waals surface area contributed by atoms with E-state index in [1.807, 2.05) is 0 Å². The van der Waals surface area contributed by atoms with Gasteiger partial charge in [-0.15, -0.1) is 0 Å². The van der Waals surface area contributed by atoms with E-state index in [1.54, 1.807) is 12.5 Å². The van der Waals surface area contributed by atoms with Crippen molar-refractivity contribution in [2.45, 2.75) is 51.7 Å². The minimum atomic E-state index is -0.618. The van der Waals surface area contributed by atoms with Crippen LogP contribution in [0.1, 0.15) is 38.8 Å². The van der Waals surface area contributed by atoms with Crippen molar-refractivity contribution < 1.29 is 9.53 Å². The SMILES string of the molecule is CC1CC(C)CC(OC(=O)[C@@H](N)Cc2cnc[nH]2)C1. The van der Waals surface area contributed by atoms with Gasteiger partial charge in [0.25, 0.3) is 0 Å². The lowest BCUT2D eigenvalue weighted by Crippen LogP contribution is -2.38. The van der Waals surface area contributed by atoms with Gasteiger partial charge in [0.1, 0.15) is 12.1 Å². The number of aromatic amines is 1. The van der Waals surface area contributed by atoms with Crippen LogP contribution in [-0.4, -0.2) is 28.1 Å². The Balaban J connectivity index is 1.82. The predicted octanol–water partition coefficient (Wildman–Crippen LogP) is 1.65. The molecule has 19 heavy (non-hydrogen) atoms. The number of ether oxygens (including phenoxy) is 1. The summed E-state index contributed by atoms with van der Waals surface area (Å²) in [4.78, 5) is 18.8. The molecule has 0 saturated heterocycles. The molecule has 3 atom stereocenters. The third-order valence-electron chi connectivity index (χ3n) is 3.72. The Labute approximate surface area is 113 Å². The first kappa shape index (κ1) is 14.1. The predicted molar refractivity (Wildman–Crippen MR) is 72.3 cm³/mol. The number of nitrogens with zero attached hydrogens (tertiary/aromatic N) is 1. The third kappa shape index (κ3) is 4.06. The molecule has 1 aromatic rings. The first-order chi connectivity index (χ1) is 9.04. The van der Waals surface area contributed by atoms with Crippen LogP contribution in [0.3, 0.4) is 0 Å². The second-order valence-electron chi connectivity index (χ2n) is 5.86. The number of nitrogens with one attached hydrogen (secondary N) is 1. The number of H-pyrrole nitrogens is 1. The number of carbonyl (C=O) groups is 1. The van der Waals surface area contributed by atoms with E-state index in [0.29, 0.717) is 18.3 Å². The molecule has 1 saturated carbocycles. The van der Waals surface area contributed by atoms with Crippen LogP contribution in [0.15, 0.2) is 12.5 Å². The van der Waals surface area contributed by atoms with Crippen molar-refractivity contribution in [2.24, 2.45) is 17.6 Å². The lowest BCUT2D eigenvalue weighted by Gasteiger charge is -2.31. The summed E-state index contributed by atoms with van der Waals surface area (Å²) in [6.07, 6.45) is 6.85. The van der Waals surface area contributed by atoms with Gasteiger partial charge in [0.15, 0.2) is 0 Å². The zero-order valence-electron chi connectivity index (χ0n) is 11.6. The summed E-state index contributed by atoms with van der Waals surface area (Å²) in [5.74, 6) is 0.927. The zero-order valence-corrected chi connectivity index (χ0v) is 11.6. The van der Waals surface area contributed by atoms with E-state index in [1.165, 1.54) is 6.42 Å². The smallest absolute Gasteiger partial charge is 0.323 e. The molecule has 106 valence electrons. The molecule has 1 fully saturated rings. The molecule has 3 N–H and O–H groups in total. The maximum absolute atomic E-state index is 12.0. The second kappa shape index (κ2) is 6.19. The summed E-state index contributed by atoms with van der Waals surface area (Å²) in [6.45, 7) is 4.42. The number of imidazole rings is 1. The zero-order chi connectivity index (χ0) is 13.8. The van der Waals surface area contributed by atoms with Gasteiger partial charge in [0, 0.05) is 18.3 Å². The number of nitrogens with two attached hydrogens (primary N) is 1. The maximum Gasteiger partial charge on any atom is 0.323 e. The summed E-state index contributed by atoms with van der Waals surface area (Å²) in [6, 6.07) is -0.618. The van der Waals surface area contributed by atoms with Crippen molar-refractivity contribution in [2.75, 3.05) is 0 Å². The Hall–Kier alpha value is -1.36. The van der Waals surface area contributed by atoms with Gasteiger partial charge in [-0.1, -0.05) is 13.8 Å².